The van der Waals surface area contributed by atoms with Crippen LogP contribution in [0.1, 0.15) is 25.8 Å². The Morgan fingerprint density at radius 2 is 1.96 bits per heavy atom. The Morgan fingerprint density at radius 1 is 1.17 bits per heavy atom. The maximum absolute atomic E-state index is 14.1. The molecule has 0 saturated heterocycles. The second-order valence-electron chi connectivity index (χ2n) is 6.69. The van der Waals surface area contributed by atoms with Gasteiger partial charge in [0.1, 0.15) is 5.82 Å². The van der Waals surface area contributed by atoms with Gasteiger partial charge in [-0.2, -0.15) is 0 Å². The lowest BCUT2D eigenvalue weighted by Gasteiger charge is -2.17. The third kappa shape index (κ3) is 3.42. The van der Waals surface area contributed by atoms with Gasteiger partial charge in [0.25, 0.3) is 0 Å². The second-order valence-corrected chi connectivity index (χ2v) is 6.69. The van der Waals surface area contributed by atoms with Gasteiger partial charge in [0.15, 0.2) is 0 Å². The number of aliphatic hydroxyl groups is 1. The summed E-state index contributed by atoms with van der Waals surface area (Å²) in [6, 6.07) is 11.0. The van der Waals surface area contributed by atoms with Crippen LogP contribution >= 0.6 is 0 Å². The van der Waals surface area contributed by atoms with Gasteiger partial charge >= 0.3 is 0 Å². The van der Waals surface area contributed by atoms with E-state index in [1.807, 2.05) is 35.8 Å². The van der Waals surface area contributed by atoms with Crippen molar-refractivity contribution >= 4 is 11.0 Å². The van der Waals surface area contributed by atoms with Gasteiger partial charge in [0, 0.05) is 12.1 Å². The highest BCUT2D eigenvalue weighted by molar-refractivity contribution is 5.82. The zero-order valence-electron chi connectivity index (χ0n) is 13.7. The molecule has 23 heavy (non-hydrogen) atoms. The number of nitrogens with zero attached hydrogens (tertiary/aromatic N) is 2. The number of halogens is 1. The molecule has 3 nitrogen and oxygen atoms in total. The van der Waals surface area contributed by atoms with E-state index in [-0.39, 0.29) is 5.82 Å². The fourth-order valence-corrected chi connectivity index (χ4v) is 2.66. The molecule has 120 valence electrons. The van der Waals surface area contributed by atoms with Crippen LogP contribution < -0.4 is 0 Å². The molecule has 0 aliphatic heterocycles. The quantitative estimate of drug-likeness (QED) is 0.779. The van der Waals surface area contributed by atoms with Gasteiger partial charge in [-0.15, -0.1) is 0 Å². The SMILES string of the molecule is Cc1ccc(-c2ccc3c(c2)ncn3CCC(C)(C)O)c(F)c1. The fraction of sp³-hybridized carbons (Fsp3) is 0.316. The van der Waals surface area contributed by atoms with E-state index in [1.54, 1.807) is 32.3 Å². The van der Waals surface area contributed by atoms with Gasteiger partial charge in [0.05, 0.1) is 23.0 Å². The Balaban J connectivity index is 1.94. The molecule has 1 N–H and O–H groups in total. The number of benzene rings is 2. The van der Waals surface area contributed by atoms with E-state index < -0.39 is 5.60 Å². The smallest absolute Gasteiger partial charge is 0.131 e. The Labute approximate surface area is 135 Å². The summed E-state index contributed by atoms with van der Waals surface area (Å²) in [6.07, 6.45) is 2.42. The lowest BCUT2D eigenvalue weighted by atomic mass is 10.0. The first-order chi connectivity index (χ1) is 10.8. The summed E-state index contributed by atoms with van der Waals surface area (Å²) in [5, 5.41) is 9.86. The summed E-state index contributed by atoms with van der Waals surface area (Å²) >= 11 is 0. The van der Waals surface area contributed by atoms with E-state index in [0.29, 0.717) is 18.5 Å². The highest BCUT2D eigenvalue weighted by Crippen LogP contribution is 2.27. The predicted molar refractivity (Wildman–Crippen MR) is 90.8 cm³/mol. The standard InChI is InChI=1S/C19H21FN2O/c1-13-4-6-15(16(20)10-13)14-5-7-18-17(11-14)21-12-22(18)9-8-19(2,3)23/h4-7,10-12,23H,8-9H2,1-3H3. The predicted octanol–water partition coefficient (Wildman–Crippen LogP) is 4.31. The average molecular weight is 312 g/mol. The second kappa shape index (κ2) is 5.78. The van der Waals surface area contributed by atoms with Crippen LogP contribution in [0.5, 0.6) is 0 Å². The molecule has 0 aliphatic carbocycles. The summed E-state index contributed by atoms with van der Waals surface area (Å²) in [5.41, 5.74) is 3.43. The molecule has 0 spiro atoms. The molecule has 0 bridgehead atoms. The number of aryl methyl sites for hydroxylation is 2. The summed E-state index contributed by atoms with van der Waals surface area (Å²) in [4.78, 5) is 4.41. The summed E-state index contributed by atoms with van der Waals surface area (Å²) in [7, 11) is 0. The Kier molecular flexibility index (Phi) is 3.94. The van der Waals surface area contributed by atoms with E-state index in [4.69, 9.17) is 0 Å². The van der Waals surface area contributed by atoms with Crippen molar-refractivity contribution in [1.29, 1.82) is 0 Å². The molecule has 1 heterocycles. The maximum atomic E-state index is 14.1. The Morgan fingerprint density at radius 3 is 2.65 bits per heavy atom. The van der Waals surface area contributed by atoms with Crippen molar-refractivity contribution in [3.63, 3.8) is 0 Å². The normalized spacial score (nSPS) is 12.0. The summed E-state index contributed by atoms with van der Waals surface area (Å²) < 4.78 is 16.2. The van der Waals surface area contributed by atoms with E-state index in [2.05, 4.69) is 4.98 Å². The van der Waals surface area contributed by atoms with Gasteiger partial charge < -0.3 is 9.67 Å². The number of rotatable bonds is 4. The molecule has 0 unspecified atom stereocenters. The summed E-state index contributed by atoms with van der Waals surface area (Å²) in [5.74, 6) is -0.217. The molecule has 0 radical (unpaired) electrons. The highest BCUT2D eigenvalue weighted by atomic mass is 19.1. The van der Waals surface area contributed by atoms with E-state index in [1.165, 1.54) is 0 Å². The number of aromatic nitrogens is 2. The van der Waals surface area contributed by atoms with Gasteiger partial charge in [0.2, 0.25) is 0 Å². The van der Waals surface area contributed by atoms with Crippen molar-refractivity contribution in [2.24, 2.45) is 0 Å². The number of fused-ring (bicyclic) bond motifs is 1. The molecular formula is C19H21FN2O. The molecular weight excluding hydrogens is 291 g/mol. The van der Waals surface area contributed by atoms with Gasteiger partial charge in [-0.3, -0.25) is 0 Å². The molecule has 1 aromatic heterocycles. The van der Waals surface area contributed by atoms with E-state index in [9.17, 15) is 9.50 Å². The Hall–Kier alpha value is -2.20. The molecule has 0 amide bonds. The minimum Gasteiger partial charge on any atom is -0.390 e. The molecule has 0 fully saturated rings. The molecule has 4 heteroatoms. The maximum Gasteiger partial charge on any atom is 0.131 e. The zero-order valence-corrected chi connectivity index (χ0v) is 13.7. The Bertz CT molecular complexity index is 846. The number of hydrogen-bond donors (Lipinski definition) is 1. The minimum atomic E-state index is -0.707. The lowest BCUT2D eigenvalue weighted by Crippen LogP contribution is -2.20. The van der Waals surface area contributed by atoms with Crippen LogP contribution in [-0.2, 0) is 6.54 Å². The van der Waals surface area contributed by atoms with E-state index >= 15 is 0 Å². The molecule has 2 aromatic carbocycles. The zero-order chi connectivity index (χ0) is 16.6. The van der Waals surface area contributed by atoms with Crippen molar-refractivity contribution in [3.05, 3.63) is 54.1 Å². The third-order valence-electron chi connectivity index (χ3n) is 4.02. The van der Waals surface area contributed by atoms with Crippen LogP contribution in [0.25, 0.3) is 22.2 Å². The van der Waals surface area contributed by atoms with Crippen molar-refractivity contribution < 1.29 is 9.50 Å². The number of imidazole rings is 1. The molecule has 0 atom stereocenters. The van der Waals surface area contributed by atoms with Crippen LogP contribution in [0.4, 0.5) is 4.39 Å². The molecule has 0 aliphatic rings. The minimum absolute atomic E-state index is 0.217. The number of hydrogen-bond acceptors (Lipinski definition) is 2. The first kappa shape index (κ1) is 15.7. The first-order valence-corrected chi connectivity index (χ1v) is 7.77. The lowest BCUT2D eigenvalue weighted by molar-refractivity contribution is 0.0665. The first-order valence-electron chi connectivity index (χ1n) is 7.77. The van der Waals surface area contributed by atoms with Crippen molar-refractivity contribution in [3.8, 4) is 11.1 Å². The largest absolute Gasteiger partial charge is 0.390 e. The monoisotopic (exact) mass is 312 g/mol. The van der Waals surface area contributed by atoms with Crippen LogP contribution in [0.3, 0.4) is 0 Å². The van der Waals surface area contributed by atoms with Crippen LogP contribution in [-0.4, -0.2) is 20.3 Å². The topological polar surface area (TPSA) is 38.0 Å². The third-order valence-corrected chi connectivity index (χ3v) is 4.02. The van der Waals surface area contributed by atoms with Gasteiger partial charge in [-0.1, -0.05) is 18.2 Å². The van der Waals surface area contributed by atoms with Crippen LogP contribution in [0, 0.1) is 12.7 Å². The van der Waals surface area contributed by atoms with Crippen LogP contribution in [0.15, 0.2) is 42.7 Å². The van der Waals surface area contributed by atoms with Gasteiger partial charge in [-0.05, 0) is 56.5 Å². The van der Waals surface area contributed by atoms with Crippen LogP contribution in [0.2, 0.25) is 0 Å². The molecule has 0 saturated carbocycles. The van der Waals surface area contributed by atoms with Gasteiger partial charge in [-0.25, -0.2) is 9.37 Å². The molecule has 3 aromatic rings. The van der Waals surface area contributed by atoms with Crippen molar-refractivity contribution in [2.45, 2.75) is 39.3 Å². The van der Waals surface area contributed by atoms with E-state index in [0.717, 1.165) is 22.2 Å². The fourth-order valence-electron chi connectivity index (χ4n) is 2.66. The molecule has 3 rings (SSSR count). The van der Waals surface area contributed by atoms with Crippen molar-refractivity contribution in [2.75, 3.05) is 0 Å². The van der Waals surface area contributed by atoms with Crippen molar-refractivity contribution in [1.82, 2.24) is 9.55 Å². The summed E-state index contributed by atoms with van der Waals surface area (Å²) in [6.45, 7) is 6.16. The average Bonchev–Trinajstić information content (AvgIpc) is 2.86. The highest BCUT2D eigenvalue weighted by Gasteiger charge is 2.14.